The summed E-state index contributed by atoms with van der Waals surface area (Å²) in [5, 5.41) is 2.90. The zero-order valence-electron chi connectivity index (χ0n) is 19.0. The average molecular weight is 414 g/mol. The summed E-state index contributed by atoms with van der Waals surface area (Å²) < 4.78 is 6.80. The maximum absolute atomic E-state index is 13.3. The van der Waals surface area contributed by atoms with E-state index in [1.165, 1.54) is 4.90 Å². The molecule has 2 amide bonds. The summed E-state index contributed by atoms with van der Waals surface area (Å²) in [7, 11) is 3.32. The molecular formula is C23H31N3O4. The van der Waals surface area contributed by atoms with E-state index in [-0.39, 0.29) is 18.4 Å². The second kappa shape index (κ2) is 9.15. The van der Waals surface area contributed by atoms with Crippen LogP contribution < -0.4 is 5.32 Å². The maximum atomic E-state index is 13.3. The smallest absolute Gasteiger partial charge is 0.355 e. The molecule has 1 heterocycles. The van der Waals surface area contributed by atoms with Gasteiger partial charge in [-0.3, -0.25) is 4.79 Å². The third-order valence-electron chi connectivity index (χ3n) is 5.64. The number of carbonyl (C=O) groups excluding carboxylic acids is 3. The molecule has 7 heteroatoms. The highest BCUT2D eigenvalue weighted by Gasteiger charge is 2.31. The van der Waals surface area contributed by atoms with Crippen molar-refractivity contribution in [1.82, 2.24) is 9.47 Å². The van der Waals surface area contributed by atoms with Gasteiger partial charge in [0.05, 0.1) is 12.6 Å². The van der Waals surface area contributed by atoms with Gasteiger partial charge >= 0.3 is 12.0 Å². The lowest BCUT2D eigenvalue weighted by atomic mass is 10.0. The molecular weight excluding hydrogens is 382 g/mol. The molecule has 1 aromatic heterocycles. The van der Waals surface area contributed by atoms with Crippen molar-refractivity contribution in [2.75, 3.05) is 19.0 Å². The van der Waals surface area contributed by atoms with Gasteiger partial charge in [0.15, 0.2) is 5.78 Å². The molecule has 30 heavy (non-hydrogen) atoms. The predicted octanol–water partition coefficient (Wildman–Crippen LogP) is 4.17. The second-order valence-corrected chi connectivity index (χ2v) is 7.56. The van der Waals surface area contributed by atoms with Crippen LogP contribution in [-0.4, -0.2) is 46.9 Å². The molecule has 0 aliphatic heterocycles. The Balaban J connectivity index is 2.30. The molecule has 0 fully saturated rings. The summed E-state index contributed by atoms with van der Waals surface area (Å²) in [6, 6.07) is 4.68. The molecule has 0 spiro atoms. The number of ether oxygens (including phenoxy) is 1. The van der Waals surface area contributed by atoms with E-state index >= 15 is 0 Å². The Morgan fingerprint density at radius 2 is 1.70 bits per heavy atom. The Morgan fingerprint density at radius 3 is 2.23 bits per heavy atom. The largest absolute Gasteiger partial charge is 0.461 e. The molecule has 2 aromatic rings. The molecule has 162 valence electrons. The number of aromatic nitrogens is 1. The van der Waals surface area contributed by atoms with Crippen LogP contribution in [0.4, 0.5) is 10.5 Å². The molecule has 0 saturated carbocycles. The number of hydrogen-bond donors (Lipinski definition) is 1. The lowest BCUT2D eigenvalue weighted by molar-refractivity contribution is 0.0514. The first-order valence-electron chi connectivity index (χ1n) is 10.00. The van der Waals surface area contributed by atoms with Gasteiger partial charge in [-0.1, -0.05) is 18.2 Å². The van der Waals surface area contributed by atoms with Crippen LogP contribution in [0, 0.1) is 27.7 Å². The van der Waals surface area contributed by atoms with E-state index in [1.54, 1.807) is 46.4 Å². The first kappa shape index (κ1) is 23.2. The standard InChI is InChI=1S/C23H31N3O4/c1-9-30-22(28)20-15(4)18(16(5)25(20)7)21(27)17(6)26(8)23(29)24-19-13(2)11-10-12-14(19)3/h10-12,17H,9H2,1-8H3,(H,24,29)/t17-/m0/s1. The van der Waals surface area contributed by atoms with Crippen molar-refractivity contribution in [2.45, 2.75) is 47.6 Å². The van der Waals surface area contributed by atoms with Crippen LogP contribution >= 0.6 is 0 Å². The number of amides is 2. The number of nitrogens with zero attached hydrogens (tertiary/aromatic N) is 2. The van der Waals surface area contributed by atoms with Gasteiger partial charge in [0.2, 0.25) is 0 Å². The molecule has 0 radical (unpaired) electrons. The van der Waals surface area contributed by atoms with Crippen LogP contribution in [-0.2, 0) is 11.8 Å². The fourth-order valence-electron chi connectivity index (χ4n) is 3.60. The normalized spacial score (nSPS) is 11.7. The Bertz CT molecular complexity index is 971. The SMILES string of the molecule is CCOC(=O)c1c(C)c(C(=O)[C@H](C)N(C)C(=O)Nc2c(C)cccc2C)c(C)n1C. The van der Waals surface area contributed by atoms with Crippen LogP contribution in [0.3, 0.4) is 0 Å². The molecule has 7 nitrogen and oxygen atoms in total. The summed E-state index contributed by atoms with van der Waals surface area (Å²) >= 11 is 0. The van der Waals surface area contributed by atoms with E-state index in [2.05, 4.69) is 5.32 Å². The number of anilines is 1. The first-order valence-corrected chi connectivity index (χ1v) is 10.00. The van der Waals surface area contributed by atoms with Crippen LogP contribution in [0.15, 0.2) is 18.2 Å². The highest BCUT2D eigenvalue weighted by atomic mass is 16.5. The van der Waals surface area contributed by atoms with Crippen molar-refractivity contribution in [3.8, 4) is 0 Å². The minimum Gasteiger partial charge on any atom is -0.461 e. The van der Waals surface area contributed by atoms with Gasteiger partial charge in [-0.25, -0.2) is 9.59 Å². The minimum atomic E-state index is -0.718. The van der Waals surface area contributed by atoms with Crippen LogP contribution in [0.1, 0.15) is 57.1 Å². The summed E-state index contributed by atoms with van der Waals surface area (Å²) in [6.45, 7) is 11.0. The van der Waals surface area contributed by atoms with E-state index < -0.39 is 12.0 Å². The predicted molar refractivity (Wildman–Crippen MR) is 117 cm³/mol. The molecule has 0 saturated heterocycles. The molecule has 0 aliphatic rings. The van der Waals surface area contributed by atoms with Gasteiger partial charge in [0, 0.05) is 31.0 Å². The van der Waals surface area contributed by atoms with Gasteiger partial charge in [0.25, 0.3) is 0 Å². The molecule has 2 rings (SSSR count). The lowest BCUT2D eigenvalue weighted by Crippen LogP contribution is -2.43. The Morgan fingerprint density at radius 1 is 1.13 bits per heavy atom. The number of benzene rings is 1. The van der Waals surface area contributed by atoms with Gasteiger partial charge in [-0.2, -0.15) is 0 Å². The van der Waals surface area contributed by atoms with E-state index in [1.807, 2.05) is 32.0 Å². The number of rotatable bonds is 6. The first-order chi connectivity index (χ1) is 14.0. The minimum absolute atomic E-state index is 0.227. The molecule has 1 N–H and O–H groups in total. The third-order valence-corrected chi connectivity index (χ3v) is 5.64. The monoisotopic (exact) mass is 413 g/mol. The third kappa shape index (κ3) is 4.25. The molecule has 1 aromatic carbocycles. The highest BCUT2D eigenvalue weighted by Crippen LogP contribution is 2.25. The van der Waals surface area contributed by atoms with Crippen molar-refractivity contribution in [3.63, 3.8) is 0 Å². The highest BCUT2D eigenvalue weighted by molar-refractivity contribution is 6.07. The number of hydrogen-bond acceptors (Lipinski definition) is 4. The zero-order chi connectivity index (χ0) is 22.7. The average Bonchev–Trinajstić information content (AvgIpc) is 2.91. The van der Waals surface area contributed by atoms with Crippen molar-refractivity contribution < 1.29 is 19.1 Å². The Hall–Kier alpha value is -3.09. The topological polar surface area (TPSA) is 80.6 Å². The van der Waals surface area contributed by atoms with Crippen LogP contribution in [0.5, 0.6) is 0 Å². The molecule has 0 bridgehead atoms. The number of ketones is 1. The molecule has 1 atom stereocenters. The molecule has 0 aliphatic carbocycles. The van der Waals surface area contributed by atoms with Crippen molar-refractivity contribution in [1.29, 1.82) is 0 Å². The number of likely N-dealkylation sites (N-methyl/N-ethyl adjacent to an activating group) is 1. The number of Topliss-reactive ketones (excluding diaryl/α,β-unsaturated/α-hetero) is 1. The van der Waals surface area contributed by atoms with Crippen LogP contribution in [0.2, 0.25) is 0 Å². The van der Waals surface area contributed by atoms with E-state index in [4.69, 9.17) is 4.74 Å². The van der Waals surface area contributed by atoms with Gasteiger partial charge in [-0.05, 0) is 58.2 Å². The maximum Gasteiger partial charge on any atom is 0.355 e. The summed E-state index contributed by atoms with van der Waals surface area (Å²) in [5.74, 6) is -0.691. The summed E-state index contributed by atoms with van der Waals surface area (Å²) in [5.41, 5.74) is 4.66. The summed E-state index contributed by atoms with van der Waals surface area (Å²) in [6.07, 6.45) is 0. The number of carbonyl (C=O) groups is 3. The van der Waals surface area contributed by atoms with Gasteiger partial charge < -0.3 is 19.5 Å². The number of para-hydroxylation sites is 1. The van der Waals surface area contributed by atoms with Crippen molar-refractivity contribution in [2.24, 2.45) is 7.05 Å². The fourth-order valence-corrected chi connectivity index (χ4v) is 3.60. The van der Waals surface area contributed by atoms with Gasteiger partial charge in [0.1, 0.15) is 5.69 Å². The quantitative estimate of drug-likeness (QED) is 0.569. The van der Waals surface area contributed by atoms with E-state index in [0.29, 0.717) is 22.5 Å². The molecule has 0 unspecified atom stereocenters. The number of nitrogens with one attached hydrogen (secondary N) is 1. The van der Waals surface area contributed by atoms with Crippen LogP contribution in [0.25, 0.3) is 0 Å². The van der Waals surface area contributed by atoms with E-state index in [0.717, 1.165) is 16.8 Å². The Kier molecular flexibility index (Phi) is 7.08. The van der Waals surface area contributed by atoms with Crippen molar-refractivity contribution in [3.05, 3.63) is 51.8 Å². The summed E-state index contributed by atoms with van der Waals surface area (Å²) in [4.78, 5) is 39.8. The van der Waals surface area contributed by atoms with Crippen molar-refractivity contribution >= 4 is 23.5 Å². The lowest BCUT2D eigenvalue weighted by Gasteiger charge is -2.25. The second-order valence-electron chi connectivity index (χ2n) is 7.56. The van der Waals surface area contributed by atoms with Gasteiger partial charge in [-0.15, -0.1) is 0 Å². The number of aryl methyl sites for hydroxylation is 2. The fraction of sp³-hybridized carbons (Fsp3) is 0.435. The number of urea groups is 1. The number of esters is 1. The van der Waals surface area contributed by atoms with E-state index in [9.17, 15) is 14.4 Å². The Labute approximate surface area is 178 Å². The zero-order valence-corrected chi connectivity index (χ0v) is 19.0.